The molecular weight excluding hydrogens is 337 g/mol. The van der Waals surface area contributed by atoms with E-state index in [4.69, 9.17) is 11.6 Å². The highest BCUT2D eigenvalue weighted by Gasteiger charge is 2.33. The maximum Gasteiger partial charge on any atom is 0.433 e. The van der Waals surface area contributed by atoms with E-state index in [9.17, 15) is 18.3 Å². The van der Waals surface area contributed by atoms with E-state index in [0.29, 0.717) is 5.56 Å². The molecule has 3 nitrogen and oxygen atoms in total. The van der Waals surface area contributed by atoms with Gasteiger partial charge in [0.25, 0.3) is 0 Å². The Bertz CT molecular complexity index is 625. The fraction of sp³-hybridized carbons (Fsp3) is 0.286. The summed E-state index contributed by atoms with van der Waals surface area (Å²) in [5.41, 5.74) is -0.259. The SMILES string of the molecule is OC(CCl)CSc1nc(-c2ccccc2)cc(C(F)(F)F)n1. The van der Waals surface area contributed by atoms with Crippen molar-refractivity contribution in [1.82, 2.24) is 9.97 Å². The van der Waals surface area contributed by atoms with Crippen LogP contribution in [-0.4, -0.2) is 32.8 Å². The van der Waals surface area contributed by atoms with Gasteiger partial charge in [-0.1, -0.05) is 42.1 Å². The second-order valence-electron chi connectivity index (χ2n) is 4.40. The van der Waals surface area contributed by atoms with Gasteiger partial charge in [-0.15, -0.1) is 11.6 Å². The Kier molecular flexibility index (Phi) is 5.66. The van der Waals surface area contributed by atoms with E-state index < -0.39 is 18.0 Å². The molecule has 0 aliphatic heterocycles. The average molecular weight is 349 g/mol. The Morgan fingerprint density at radius 3 is 2.45 bits per heavy atom. The van der Waals surface area contributed by atoms with Crippen molar-refractivity contribution < 1.29 is 18.3 Å². The molecule has 0 spiro atoms. The number of hydrogen-bond acceptors (Lipinski definition) is 4. The third-order valence-electron chi connectivity index (χ3n) is 2.65. The smallest absolute Gasteiger partial charge is 0.391 e. The molecule has 2 rings (SSSR count). The predicted octanol–water partition coefficient (Wildman–Crippen LogP) is 3.85. The first kappa shape index (κ1) is 17.1. The van der Waals surface area contributed by atoms with Crippen molar-refractivity contribution >= 4 is 23.4 Å². The summed E-state index contributed by atoms with van der Waals surface area (Å²) in [7, 11) is 0. The van der Waals surface area contributed by atoms with Crippen LogP contribution >= 0.6 is 23.4 Å². The number of thioether (sulfide) groups is 1. The summed E-state index contributed by atoms with van der Waals surface area (Å²) < 4.78 is 38.9. The van der Waals surface area contributed by atoms with Gasteiger partial charge in [0.05, 0.1) is 11.8 Å². The molecule has 1 aromatic carbocycles. The molecule has 0 bridgehead atoms. The molecule has 1 unspecified atom stereocenters. The van der Waals surface area contributed by atoms with Crippen LogP contribution in [0.2, 0.25) is 0 Å². The van der Waals surface area contributed by atoms with Crippen molar-refractivity contribution in [3.8, 4) is 11.3 Å². The second-order valence-corrected chi connectivity index (χ2v) is 5.70. The molecular formula is C14H12ClF3N2OS. The average Bonchev–Trinajstić information content (AvgIpc) is 2.52. The van der Waals surface area contributed by atoms with Gasteiger partial charge in [0.2, 0.25) is 0 Å². The summed E-state index contributed by atoms with van der Waals surface area (Å²) in [5, 5.41) is 9.36. The molecule has 0 radical (unpaired) electrons. The van der Waals surface area contributed by atoms with Crippen LogP contribution in [0.5, 0.6) is 0 Å². The van der Waals surface area contributed by atoms with Gasteiger partial charge in [-0.25, -0.2) is 9.97 Å². The quantitative estimate of drug-likeness (QED) is 0.506. The number of rotatable bonds is 5. The Morgan fingerprint density at radius 2 is 1.86 bits per heavy atom. The number of benzene rings is 1. The fourth-order valence-electron chi connectivity index (χ4n) is 1.61. The van der Waals surface area contributed by atoms with Gasteiger partial charge in [-0.05, 0) is 6.07 Å². The molecule has 1 atom stereocenters. The van der Waals surface area contributed by atoms with E-state index in [0.717, 1.165) is 17.8 Å². The molecule has 1 aromatic heterocycles. The van der Waals surface area contributed by atoms with Crippen molar-refractivity contribution in [2.75, 3.05) is 11.6 Å². The number of alkyl halides is 4. The molecule has 8 heteroatoms. The summed E-state index contributed by atoms with van der Waals surface area (Å²) in [5.74, 6) is 0.122. The van der Waals surface area contributed by atoms with E-state index >= 15 is 0 Å². The number of hydrogen-bond donors (Lipinski definition) is 1. The highest BCUT2D eigenvalue weighted by Crippen LogP contribution is 2.32. The number of halogens is 4. The van der Waals surface area contributed by atoms with Crippen molar-refractivity contribution in [2.24, 2.45) is 0 Å². The maximum absolute atomic E-state index is 13.0. The zero-order valence-corrected chi connectivity index (χ0v) is 12.8. The van der Waals surface area contributed by atoms with Crippen LogP contribution in [0.15, 0.2) is 41.6 Å². The minimum Gasteiger partial charge on any atom is -0.391 e. The van der Waals surface area contributed by atoms with Gasteiger partial charge in [0, 0.05) is 17.2 Å². The second kappa shape index (κ2) is 7.30. The van der Waals surface area contributed by atoms with Crippen LogP contribution in [0, 0.1) is 0 Å². The molecule has 1 heterocycles. The van der Waals surface area contributed by atoms with Crippen molar-refractivity contribution in [2.45, 2.75) is 17.4 Å². The van der Waals surface area contributed by atoms with Crippen LogP contribution in [-0.2, 0) is 6.18 Å². The lowest BCUT2D eigenvalue weighted by Crippen LogP contribution is -2.13. The van der Waals surface area contributed by atoms with Crippen molar-refractivity contribution in [3.63, 3.8) is 0 Å². The lowest BCUT2D eigenvalue weighted by molar-refractivity contribution is -0.141. The van der Waals surface area contributed by atoms with Crippen molar-refractivity contribution in [1.29, 1.82) is 0 Å². The number of nitrogens with zero attached hydrogens (tertiary/aromatic N) is 2. The Labute approximate surface area is 134 Å². The topological polar surface area (TPSA) is 46.0 Å². The first-order valence-corrected chi connectivity index (χ1v) is 7.80. The first-order chi connectivity index (χ1) is 10.4. The van der Waals surface area contributed by atoms with Crippen LogP contribution in [0.4, 0.5) is 13.2 Å². The van der Waals surface area contributed by atoms with E-state index in [2.05, 4.69) is 9.97 Å². The number of aromatic nitrogens is 2. The summed E-state index contributed by atoms with van der Waals surface area (Å²) in [6.45, 7) is 0. The third kappa shape index (κ3) is 4.59. The van der Waals surface area contributed by atoms with Crippen molar-refractivity contribution in [3.05, 3.63) is 42.1 Å². The summed E-state index contributed by atoms with van der Waals surface area (Å²) in [4.78, 5) is 7.63. The van der Waals surface area contributed by atoms with Crippen LogP contribution in [0.1, 0.15) is 5.69 Å². The van der Waals surface area contributed by atoms with Gasteiger partial charge in [-0.3, -0.25) is 0 Å². The molecule has 1 N–H and O–H groups in total. The minimum absolute atomic E-state index is 0.00248. The van der Waals surface area contributed by atoms with Gasteiger partial charge >= 0.3 is 6.18 Å². The van der Waals surface area contributed by atoms with Gasteiger partial charge in [-0.2, -0.15) is 13.2 Å². The highest BCUT2D eigenvalue weighted by atomic mass is 35.5. The number of aliphatic hydroxyl groups excluding tert-OH is 1. The summed E-state index contributed by atoms with van der Waals surface area (Å²) >= 11 is 6.40. The molecule has 22 heavy (non-hydrogen) atoms. The standard InChI is InChI=1S/C14H12ClF3N2OS/c15-7-10(21)8-22-13-19-11(9-4-2-1-3-5-9)6-12(20-13)14(16,17)18/h1-6,10,21H,7-8H2. The summed E-state index contributed by atoms with van der Waals surface area (Å²) in [6, 6.07) is 9.46. The lowest BCUT2D eigenvalue weighted by atomic mass is 10.1. The Morgan fingerprint density at radius 1 is 1.18 bits per heavy atom. The molecule has 0 saturated carbocycles. The lowest BCUT2D eigenvalue weighted by Gasteiger charge is -2.11. The summed E-state index contributed by atoms with van der Waals surface area (Å²) in [6.07, 6.45) is -5.39. The molecule has 2 aromatic rings. The molecule has 0 fully saturated rings. The van der Waals surface area contributed by atoms with Gasteiger partial charge in [0.1, 0.15) is 5.69 Å². The maximum atomic E-state index is 13.0. The first-order valence-electron chi connectivity index (χ1n) is 6.28. The van der Waals surface area contributed by atoms with Crippen LogP contribution < -0.4 is 0 Å². The highest BCUT2D eigenvalue weighted by molar-refractivity contribution is 7.99. The van der Waals surface area contributed by atoms with Gasteiger partial charge < -0.3 is 5.11 Å². The molecule has 118 valence electrons. The minimum atomic E-state index is -4.56. The third-order valence-corrected chi connectivity index (χ3v) is 4.00. The molecule has 0 aliphatic carbocycles. The molecule has 0 amide bonds. The zero-order chi connectivity index (χ0) is 16.2. The van der Waals surface area contributed by atoms with E-state index in [1.54, 1.807) is 30.3 Å². The van der Waals surface area contributed by atoms with E-state index in [1.807, 2.05) is 0 Å². The Balaban J connectivity index is 2.37. The van der Waals surface area contributed by atoms with Crippen LogP contribution in [0.25, 0.3) is 11.3 Å². The molecule has 0 aliphatic rings. The zero-order valence-electron chi connectivity index (χ0n) is 11.2. The molecule has 0 saturated heterocycles. The van der Waals surface area contributed by atoms with Gasteiger partial charge in [0.15, 0.2) is 5.16 Å². The monoisotopic (exact) mass is 348 g/mol. The largest absolute Gasteiger partial charge is 0.433 e. The fourth-order valence-corrected chi connectivity index (χ4v) is 2.63. The van der Waals surface area contributed by atoms with E-state index in [1.165, 1.54) is 0 Å². The Hall–Kier alpha value is -1.31. The number of aliphatic hydroxyl groups is 1. The van der Waals surface area contributed by atoms with Crippen LogP contribution in [0.3, 0.4) is 0 Å². The normalized spacial score (nSPS) is 13.1. The van der Waals surface area contributed by atoms with E-state index in [-0.39, 0.29) is 22.5 Å². The predicted molar refractivity (Wildman–Crippen MR) is 79.9 cm³/mol.